The van der Waals surface area contributed by atoms with Crippen molar-refractivity contribution in [3.63, 3.8) is 0 Å². The zero-order chi connectivity index (χ0) is 19.7. The normalized spacial score (nSPS) is 43.9. The molecule has 6 atom stereocenters. The molecule has 2 saturated carbocycles. The first kappa shape index (κ1) is 18.7. The Morgan fingerprint density at radius 1 is 1.19 bits per heavy atom. The van der Waals surface area contributed by atoms with Crippen LogP contribution in [-0.4, -0.2) is 23.0 Å². The molecule has 2 fully saturated rings. The molecular formula is C22H30O5. The zero-order valence-electron chi connectivity index (χ0n) is 16.7. The van der Waals surface area contributed by atoms with Gasteiger partial charge in [0.15, 0.2) is 0 Å². The van der Waals surface area contributed by atoms with Gasteiger partial charge in [0.25, 0.3) is 0 Å². The second kappa shape index (κ2) is 5.92. The lowest BCUT2D eigenvalue weighted by Crippen LogP contribution is -2.58. The van der Waals surface area contributed by atoms with Gasteiger partial charge in [-0.15, -0.1) is 0 Å². The third kappa shape index (κ3) is 2.39. The monoisotopic (exact) mass is 374 g/mol. The van der Waals surface area contributed by atoms with Crippen LogP contribution in [-0.2, 0) is 19.1 Å². The predicted molar refractivity (Wildman–Crippen MR) is 98.5 cm³/mol. The number of hydrogen-bond acceptors (Lipinski definition) is 4. The zero-order valence-corrected chi connectivity index (χ0v) is 16.7. The number of cyclic esters (lactones) is 2. The third-order valence-corrected chi connectivity index (χ3v) is 8.43. The number of aliphatic carboxylic acids is 1. The third-order valence-electron chi connectivity index (χ3n) is 8.43. The van der Waals surface area contributed by atoms with Crippen molar-refractivity contribution < 1.29 is 24.2 Å². The summed E-state index contributed by atoms with van der Waals surface area (Å²) in [6.07, 6.45) is 4.90. The van der Waals surface area contributed by atoms with Gasteiger partial charge >= 0.3 is 17.9 Å². The molecule has 0 spiro atoms. The van der Waals surface area contributed by atoms with Gasteiger partial charge in [0.1, 0.15) is 0 Å². The van der Waals surface area contributed by atoms with Crippen molar-refractivity contribution in [2.24, 2.45) is 40.4 Å². The standard InChI is InChI=1S/C22H30O5/c1-11(2)16-13-10-14-12(17(16)19(24)27-18(13)23)6-7-15-21(14,3)8-5-9-22(15,4)20(25)26/h11-15H,5-10H2,1-4H3,(H,25,26). The Kier molecular flexibility index (Phi) is 4.10. The van der Waals surface area contributed by atoms with Crippen LogP contribution in [0.1, 0.15) is 66.2 Å². The SMILES string of the molecule is CC(C)C1=C2C(=O)OC(=O)C1CC1C2CCC2C(C)(C(=O)O)CCCC12C. The van der Waals surface area contributed by atoms with E-state index < -0.39 is 23.3 Å². The Hall–Kier alpha value is -1.65. The van der Waals surface area contributed by atoms with Crippen molar-refractivity contribution in [2.45, 2.75) is 66.2 Å². The van der Waals surface area contributed by atoms with E-state index in [4.69, 9.17) is 4.74 Å². The molecule has 27 heavy (non-hydrogen) atoms. The van der Waals surface area contributed by atoms with Gasteiger partial charge in [0.2, 0.25) is 0 Å². The molecule has 0 aromatic rings. The maximum atomic E-state index is 12.7. The average molecular weight is 374 g/mol. The molecular weight excluding hydrogens is 344 g/mol. The second-order valence-corrected chi connectivity index (χ2v) is 9.95. The van der Waals surface area contributed by atoms with Crippen molar-refractivity contribution >= 4 is 17.9 Å². The number of fused-ring (bicyclic) bond motifs is 5. The Morgan fingerprint density at radius 2 is 1.89 bits per heavy atom. The highest BCUT2D eigenvalue weighted by atomic mass is 16.6. The first-order valence-corrected chi connectivity index (χ1v) is 10.3. The van der Waals surface area contributed by atoms with Crippen LogP contribution in [0.4, 0.5) is 0 Å². The van der Waals surface area contributed by atoms with Crippen molar-refractivity contribution in [2.75, 3.05) is 0 Å². The van der Waals surface area contributed by atoms with Gasteiger partial charge in [-0.05, 0) is 73.7 Å². The summed E-state index contributed by atoms with van der Waals surface area (Å²) in [5.74, 6) is -1.40. The lowest BCUT2D eigenvalue weighted by molar-refractivity contribution is -0.177. The maximum Gasteiger partial charge on any atom is 0.341 e. The number of esters is 2. The molecule has 2 bridgehead atoms. The summed E-state index contributed by atoms with van der Waals surface area (Å²) < 4.78 is 5.10. The summed E-state index contributed by atoms with van der Waals surface area (Å²) in [5.41, 5.74) is 0.854. The molecule has 5 heteroatoms. The first-order chi connectivity index (χ1) is 12.6. The van der Waals surface area contributed by atoms with E-state index in [0.29, 0.717) is 12.8 Å². The minimum Gasteiger partial charge on any atom is -0.481 e. The largest absolute Gasteiger partial charge is 0.481 e. The summed E-state index contributed by atoms with van der Waals surface area (Å²) >= 11 is 0. The number of carbonyl (C=O) groups excluding carboxylic acids is 2. The summed E-state index contributed by atoms with van der Waals surface area (Å²) in [6.45, 7) is 8.22. The molecule has 6 unspecified atom stereocenters. The van der Waals surface area contributed by atoms with Crippen molar-refractivity contribution in [1.82, 2.24) is 0 Å². The molecule has 0 aromatic carbocycles. The maximum absolute atomic E-state index is 12.7. The van der Waals surface area contributed by atoms with Gasteiger partial charge in [-0.25, -0.2) is 4.79 Å². The lowest BCUT2D eigenvalue weighted by atomic mass is 9.43. The molecule has 1 N–H and O–H groups in total. The van der Waals surface area contributed by atoms with E-state index >= 15 is 0 Å². The van der Waals surface area contributed by atoms with Crippen molar-refractivity contribution in [1.29, 1.82) is 0 Å². The predicted octanol–water partition coefficient (Wildman–Crippen LogP) is 3.97. The number of carboxylic acid groups (broad SMARTS) is 1. The van der Waals surface area contributed by atoms with E-state index in [1.165, 1.54) is 0 Å². The van der Waals surface area contributed by atoms with Crippen LogP contribution in [0.3, 0.4) is 0 Å². The van der Waals surface area contributed by atoms with E-state index in [2.05, 4.69) is 6.92 Å². The average Bonchev–Trinajstić information content (AvgIpc) is 2.58. The van der Waals surface area contributed by atoms with Gasteiger partial charge in [-0.3, -0.25) is 9.59 Å². The smallest absolute Gasteiger partial charge is 0.341 e. The van der Waals surface area contributed by atoms with Crippen LogP contribution in [0.5, 0.6) is 0 Å². The topological polar surface area (TPSA) is 80.7 Å². The first-order valence-electron chi connectivity index (χ1n) is 10.3. The Morgan fingerprint density at radius 3 is 2.52 bits per heavy atom. The Bertz CT molecular complexity index is 750. The molecule has 0 saturated heterocycles. The highest BCUT2D eigenvalue weighted by molar-refractivity contribution is 6.03. The summed E-state index contributed by atoms with van der Waals surface area (Å²) in [4.78, 5) is 37.4. The fourth-order valence-electron chi connectivity index (χ4n) is 7.25. The van der Waals surface area contributed by atoms with Crippen LogP contribution >= 0.6 is 0 Å². The van der Waals surface area contributed by atoms with Gasteiger partial charge in [0.05, 0.1) is 11.3 Å². The van der Waals surface area contributed by atoms with E-state index in [0.717, 1.165) is 36.8 Å². The van der Waals surface area contributed by atoms with Crippen LogP contribution < -0.4 is 0 Å². The van der Waals surface area contributed by atoms with Crippen molar-refractivity contribution in [3.8, 4) is 0 Å². The fourth-order valence-corrected chi connectivity index (χ4v) is 7.25. The van der Waals surface area contributed by atoms with Gasteiger partial charge in [0, 0.05) is 5.57 Å². The van der Waals surface area contributed by atoms with Gasteiger partial charge in [-0.2, -0.15) is 0 Å². The molecule has 3 aliphatic carbocycles. The molecule has 5 nitrogen and oxygen atoms in total. The highest BCUT2D eigenvalue weighted by Crippen LogP contribution is 2.66. The molecule has 4 aliphatic rings. The molecule has 1 aliphatic heterocycles. The minimum absolute atomic E-state index is 0.0885. The van der Waals surface area contributed by atoms with Gasteiger partial charge in [-0.1, -0.05) is 27.2 Å². The van der Waals surface area contributed by atoms with E-state index in [9.17, 15) is 19.5 Å². The fraction of sp³-hybridized carbons (Fsp3) is 0.773. The second-order valence-electron chi connectivity index (χ2n) is 9.95. The minimum atomic E-state index is -0.718. The van der Waals surface area contributed by atoms with E-state index in [1.807, 2.05) is 20.8 Å². The van der Waals surface area contributed by atoms with Crippen LogP contribution in [0.2, 0.25) is 0 Å². The van der Waals surface area contributed by atoms with Crippen LogP contribution in [0, 0.1) is 40.4 Å². The van der Waals surface area contributed by atoms with Crippen LogP contribution in [0.15, 0.2) is 11.1 Å². The number of rotatable bonds is 2. The molecule has 0 radical (unpaired) electrons. The van der Waals surface area contributed by atoms with E-state index in [-0.39, 0.29) is 35.0 Å². The quantitative estimate of drug-likeness (QED) is 0.584. The number of hydrogen-bond donors (Lipinski definition) is 1. The molecule has 0 aromatic heterocycles. The number of carbonyl (C=O) groups is 3. The Balaban J connectivity index is 1.81. The Labute approximate surface area is 160 Å². The number of ether oxygens (including phenoxy) is 1. The molecule has 0 amide bonds. The summed E-state index contributed by atoms with van der Waals surface area (Å²) in [7, 11) is 0. The lowest BCUT2D eigenvalue weighted by Gasteiger charge is -2.61. The molecule has 148 valence electrons. The molecule has 4 rings (SSSR count). The molecule has 1 heterocycles. The van der Waals surface area contributed by atoms with Crippen molar-refractivity contribution in [3.05, 3.63) is 11.1 Å². The van der Waals surface area contributed by atoms with Crippen LogP contribution in [0.25, 0.3) is 0 Å². The highest BCUT2D eigenvalue weighted by Gasteiger charge is 2.62. The summed E-state index contributed by atoms with van der Waals surface area (Å²) in [5, 5.41) is 9.97. The summed E-state index contributed by atoms with van der Waals surface area (Å²) in [6, 6.07) is 0. The number of carboxylic acids is 1. The van der Waals surface area contributed by atoms with Gasteiger partial charge < -0.3 is 9.84 Å². The van der Waals surface area contributed by atoms with E-state index in [1.54, 1.807) is 0 Å².